The zero-order valence-electron chi connectivity index (χ0n) is 13.5. The van der Waals surface area contributed by atoms with Crippen molar-refractivity contribution in [3.8, 4) is 0 Å². The van der Waals surface area contributed by atoms with Crippen LogP contribution in [0, 0.1) is 6.92 Å². The van der Waals surface area contributed by atoms with E-state index in [0.29, 0.717) is 0 Å². The number of likely N-dealkylation sites (N-methyl/N-ethyl adjacent to an activating group) is 1. The van der Waals surface area contributed by atoms with Crippen LogP contribution in [0.5, 0.6) is 0 Å². The highest BCUT2D eigenvalue weighted by Gasteiger charge is 2.34. The number of nitrogens with one attached hydrogen (secondary N) is 3. The molecule has 0 aliphatic carbocycles. The summed E-state index contributed by atoms with van der Waals surface area (Å²) >= 11 is 1.77. The van der Waals surface area contributed by atoms with Crippen molar-refractivity contribution < 1.29 is 9.69 Å². The maximum Gasteiger partial charge on any atom is 0.256 e. The van der Waals surface area contributed by atoms with E-state index in [-0.39, 0.29) is 12.1 Å². The normalized spacial score (nSPS) is 22.8. The Morgan fingerprint density at radius 1 is 1.30 bits per heavy atom. The number of anilines is 1. The summed E-state index contributed by atoms with van der Waals surface area (Å²) in [5.74, 6) is 0.0736. The fourth-order valence-corrected chi connectivity index (χ4v) is 4.96. The number of thiophene rings is 1. The van der Waals surface area contributed by atoms with Crippen molar-refractivity contribution in [1.29, 1.82) is 0 Å². The summed E-state index contributed by atoms with van der Waals surface area (Å²) in [5, 5.41) is 7.74. The lowest BCUT2D eigenvalue weighted by Gasteiger charge is -2.28. The molecule has 0 radical (unpaired) electrons. The van der Waals surface area contributed by atoms with Gasteiger partial charge >= 0.3 is 0 Å². The summed E-state index contributed by atoms with van der Waals surface area (Å²) in [7, 11) is 0. The molecule has 120 valence electrons. The van der Waals surface area contributed by atoms with Gasteiger partial charge in [0.15, 0.2) is 0 Å². The minimum absolute atomic E-state index is 0.0736. The molecule has 0 bridgehead atoms. The van der Waals surface area contributed by atoms with Crippen LogP contribution in [0.3, 0.4) is 0 Å². The average molecular weight is 328 g/mol. The van der Waals surface area contributed by atoms with Crippen molar-refractivity contribution in [2.45, 2.75) is 33.0 Å². The molecule has 5 heteroatoms. The fraction of sp³-hybridized carbons (Fsp3) is 0.389. The van der Waals surface area contributed by atoms with Crippen molar-refractivity contribution in [1.82, 2.24) is 5.32 Å². The molecular weight excluding hydrogens is 306 g/mol. The van der Waals surface area contributed by atoms with E-state index in [0.717, 1.165) is 42.2 Å². The number of hydrogen-bond donors (Lipinski definition) is 3. The summed E-state index contributed by atoms with van der Waals surface area (Å²) in [6, 6.07) is 8.21. The molecule has 2 aliphatic rings. The second-order valence-corrected chi connectivity index (χ2v) is 7.50. The minimum atomic E-state index is -0.133. The van der Waals surface area contributed by atoms with Crippen molar-refractivity contribution in [3.63, 3.8) is 0 Å². The molecule has 4 nitrogen and oxygen atoms in total. The Morgan fingerprint density at radius 2 is 2.13 bits per heavy atom. The molecule has 23 heavy (non-hydrogen) atoms. The highest BCUT2D eigenvalue weighted by molar-refractivity contribution is 7.16. The van der Waals surface area contributed by atoms with E-state index < -0.39 is 0 Å². The maximum absolute atomic E-state index is 12.7. The van der Waals surface area contributed by atoms with Crippen LogP contribution in [0.15, 0.2) is 24.3 Å². The Labute approximate surface area is 140 Å². The van der Waals surface area contributed by atoms with Gasteiger partial charge in [-0.1, -0.05) is 24.3 Å². The largest absolute Gasteiger partial charge is 0.353 e. The van der Waals surface area contributed by atoms with Crippen LogP contribution < -0.4 is 15.5 Å². The van der Waals surface area contributed by atoms with Gasteiger partial charge in [0.2, 0.25) is 0 Å². The molecule has 1 aromatic carbocycles. The Kier molecular flexibility index (Phi) is 3.62. The molecule has 0 spiro atoms. The minimum Gasteiger partial charge on any atom is -0.353 e. The third-order valence-electron chi connectivity index (χ3n) is 5.01. The number of carbonyl (C=O) groups excluding carboxylic acids is 1. The Bertz CT molecular complexity index is 768. The van der Waals surface area contributed by atoms with E-state index in [2.05, 4.69) is 36.6 Å². The van der Waals surface area contributed by atoms with E-state index in [1.807, 2.05) is 12.1 Å². The predicted molar refractivity (Wildman–Crippen MR) is 93.1 cm³/mol. The molecule has 3 N–H and O–H groups in total. The third kappa shape index (κ3) is 2.44. The molecule has 0 saturated heterocycles. The standard InChI is InChI=1S/C18H21N3OS/c1-3-21-9-8-13-14(10-21)23-18-15(13)17(22)19-16(20-18)12-7-5-4-6-11(12)2/h4-7,16,20H,3,8-10H2,1-2H3,(H,19,22)/p+1/t16-/m1/s1. The Balaban J connectivity index is 1.69. The molecule has 2 atom stereocenters. The molecule has 0 fully saturated rings. The van der Waals surface area contributed by atoms with Gasteiger partial charge < -0.3 is 15.5 Å². The number of amides is 1. The van der Waals surface area contributed by atoms with Crippen LogP contribution in [-0.4, -0.2) is 19.0 Å². The molecule has 1 amide bonds. The molecular formula is C18H22N3OS+. The number of aryl methyl sites for hydroxylation is 1. The van der Waals surface area contributed by atoms with Gasteiger partial charge in [0.05, 0.1) is 23.5 Å². The first kappa shape index (κ1) is 14.7. The molecule has 4 rings (SSSR count). The lowest BCUT2D eigenvalue weighted by molar-refractivity contribution is -0.913. The highest BCUT2D eigenvalue weighted by Crippen LogP contribution is 2.39. The quantitative estimate of drug-likeness (QED) is 0.788. The topological polar surface area (TPSA) is 45.6 Å². The molecule has 0 saturated carbocycles. The number of carbonyl (C=O) groups is 1. The summed E-state index contributed by atoms with van der Waals surface area (Å²) in [6.45, 7) is 7.63. The second kappa shape index (κ2) is 5.65. The number of benzene rings is 1. The molecule has 1 aromatic heterocycles. The van der Waals surface area contributed by atoms with Gasteiger partial charge in [-0.2, -0.15) is 0 Å². The Morgan fingerprint density at radius 3 is 2.91 bits per heavy atom. The third-order valence-corrected chi connectivity index (χ3v) is 6.17. The average Bonchev–Trinajstić information content (AvgIpc) is 2.92. The first-order chi connectivity index (χ1) is 11.2. The summed E-state index contributed by atoms with van der Waals surface area (Å²) < 4.78 is 0. The first-order valence-corrected chi connectivity index (χ1v) is 9.10. The van der Waals surface area contributed by atoms with Crippen molar-refractivity contribution in [2.75, 3.05) is 18.4 Å². The van der Waals surface area contributed by atoms with Crippen LogP contribution >= 0.6 is 11.3 Å². The molecule has 3 heterocycles. The number of rotatable bonds is 2. The molecule has 2 aromatic rings. The van der Waals surface area contributed by atoms with Crippen LogP contribution in [-0.2, 0) is 13.0 Å². The van der Waals surface area contributed by atoms with Gasteiger partial charge in [-0.15, -0.1) is 11.3 Å². The van der Waals surface area contributed by atoms with Gasteiger partial charge in [0, 0.05) is 6.42 Å². The van der Waals surface area contributed by atoms with E-state index in [1.54, 1.807) is 16.2 Å². The van der Waals surface area contributed by atoms with Gasteiger partial charge in [-0.05, 0) is 30.5 Å². The van der Waals surface area contributed by atoms with Crippen LogP contribution in [0.1, 0.15) is 45.0 Å². The summed E-state index contributed by atoms with van der Waals surface area (Å²) in [5.41, 5.74) is 4.50. The van der Waals surface area contributed by atoms with Crippen molar-refractivity contribution >= 4 is 22.2 Å². The van der Waals surface area contributed by atoms with Crippen LogP contribution in [0.25, 0.3) is 0 Å². The lowest BCUT2D eigenvalue weighted by atomic mass is 9.99. The number of hydrogen-bond acceptors (Lipinski definition) is 3. The fourth-order valence-electron chi connectivity index (χ4n) is 3.62. The summed E-state index contributed by atoms with van der Waals surface area (Å²) in [6.07, 6.45) is 0.875. The Hall–Kier alpha value is -1.85. The monoisotopic (exact) mass is 328 g/mol. The van der Waals surface area contributed by atoms with Crippen LogP contribution in [0.4, 0.5) is 5.00 Å². The zero-order valence-corrected chi connectivity index (χ0v) is 14.3. The van der Waals surface area contributed by atoms with Crippen molar-refractivity contribution in [2.24, 2.45) is 0 Å². The number of quaternary nitrogens is 1. The van der Waals surface area contributed by atoms with E-state index in [4.69, 9.17) is 0 Å². The van der Waals surface area contributed by atoms with Gasteiger partial charge in [0.1, 0.15) is 17.7 Å². The van der Waals surface area contributed by atoms with Gasteiger partial charge in [-0.3, -0.25) is 4.79 Å². The van der Waals surface area contributed by atoms with Gasteiger partial charge in [0.25, 0.3) is 5.91 Å². The lowest BCUT2D eigenvalue weighted by Crippen LogP contribution is -3.11. The SMILES string of the molecule is CC[NH+]1CCc2c(sc3c2C(=O)N[C@@H](c2ccccc2C)N3)C1. The van der Waals surface area contributed by atoms with E-state index in [9.17, 15) is 4.79 Å². The second-order valence-electron chi connectivity index (χ2n) is 6.40. The smallest absolute Gasteiger partial charge is 0.256 e. The molecule has 1 unspecified atom stereocenters. The van der Waals surface area contributed by atoms with Crippen molar-refractivity contribution in [3.05, 3.63) is 51.4 Å². The predicted octanol–water partition coefficient (Wildman–Crippen LogP) is 1.87. The van der Waals surface area contributed by atoms with Gasteiger partial charge in [-0.25, -0.2) is 0 Å². The van der Waals surface area contributed by atoms with E-state index in [1.165, 1.54) is 16.0 Å². The molecule has 2 aliphatic heterocycles. The first-order valence-electron chi connectivity index (χ1n) is 8.28. The van der Waals surface area contributed by atoms with E-state index >= 15 is 0 Å². The highest BCUT2D eigenvalue weighted by atomic mass is 32.1. The zero-order chi connectivity index (χ0) is 16.0. The number of fused-ring (bicyclic) bond motifs is 3. The van der Waals surface area contributed by atoms with Crippen LogP contribution in [0.2, 0.25) is 0 Å². The summed E-state index contributed by atoms with van der Waals surface area (Å²) in [4.78, 5) is 15.7. The maximum atomic E-state index is 12.7.